The lowest BCUT2D eigenvalue weighted by Gasteiger charge is -2.06. The Hall–Kier alpha value is -1.34. The molecule has 0 unspecified atom stereocenters. The molecule has 2 rings (SSSR count). The van der Waals surface area contributed by atoms with E-state index >= 15 is 0 Å². The van der Waals surface area contributed by atoms with E-state index in [4.69, 9.17) is 5.73 Å². The van der Waals surface area contributed by atoms with Gasteiger partial charge in [0.25, 0.3) is 5.91 Å². The van der Waals surface area contributed by atoms with Gasteiger partial charge in [-0.2, -0.15) is 5.10 Å². The predicted molar refractivity (Wildman–Crippen MR) is 77.5 cm³/mol. The van der Waals surface area contributed by atoms with Crippen molar-refractivity contribution in [2.24, 2.45) is 0 Å². The van der Waals surface area contributed by atoms with Crippen LogP contribution in [0.3, 0.4) is 0 Å². The standard InChI is InChI=1S/C11H10Br2N4O/c1-5-9(14)10(17-16-5)11(18)15-8-4-6(12)2-3-7(8)13/h2-4H,14H2,1H3,(H,15,18)(H,16,17). The topological polar surface area (TPSA) is 83.8 Å². The number of anilines is 2. The van der Waals surface area contributed by atoms with Crippen LogP contribution in [0.25, 0.3) is 0 Å². The van der Waals surface area contributed by atoms with Gasteiger partial charge >= 0.3 is 0 Å². The number of carbonyl (C=O) groups is 1. The first-order chi connectivity index (χ1) is 8.49. The van der Waals surface area contributed by atoms with Crippen molar-refractivity contribution in [3.8, 4) is 0 Å². The van der Waals surface area contributed by atoms with Crippen molar-refractivity contribution in [2.75, 3.05) is 11.1 Å². The van der Waals surface area contributed by atoms with Gasteiger partial charge in [0.2, 0.25) is 0 Å². The number of carbonyl (C=O) groups excluding carboxylic acids is 1. The van der Waals surface area contributed by atoms with Gasteiger partial charge in [0.1, 0.15) is 0 Å². The van der Waals surface area contributed by atoms with E-state index in [1.807, 2.05) is 12.1 Å². The average Bonchev–Trinajstić information content (AvgIpc) is 2.65. The molecule has 7 heteroatoms. The monoisotopic (exact) mass is 372 g/mol. The highest BCUT2D eigenvalue weighted by molar-refractivity contribution is 9.11. The maximum absolute atomic E-state index is 12.0. The summed E-state index contributed by atoms with van der Waals surface area (Å²) in [7, 11) is 0. The van der Waals surface area contributed by atoms with E-state index in [0.717, 1.165) is 8.95 Å². The number of rotatable bonds is 2. The number of hydrogen-bond donors (Lipinski definition) is 3. The Balaban J connectivity index is 2.27. The summed E-state index contributed by atoms with van der Waals surface area (Å²) < 4.78 is 1.65. The second-order valence-electron chi connectivity index (χ2n) is 3.69. The van der Waals surface area contributed by atoms with Crippen LogP contribution in [0.1, 0.15) is 16.2 Å². The van der Waals surface area contributed by atoms with Crippen molar-refractivity contribution in [3.63, 3.8) is 0 Å². The van der Waals surface area contributed by atoms with Crippen molar-refractivity contribution in [1.29, 1.82) is 0 Å². The van der Waals surface area contributed by atoms with Crippen molar-refractivity contribution < 1.29 is 4.79 Å². The number of nitrogen functional groups attached to an aromatic ring is 1. The molecule has 0 atom stereocenters. The molecule has 0 aliphatic rings. The molecule has 0 saturated carbocycles. The molecule has 0 spiro atoms. The number of aromatic amines is 1. The normalized spacial score (nSPS) is 10.4. The highest BCUT2D eigenvalue weighted by Crippen LogP contribution is 2.27. The zero-order valence-electron chi connectivity index (χ0n) is 9.42. The second kappa shape index (κ2) is 5.11. The number of halogens is 2. The molecule has 0 saturated heterocycles. The molecule has 1 heterocycles. The summed E-state index contributed by atoms with van der Waals surface area (Å²) in [6.07, 6.45) is 0. The molecule has 4 N–H and O–H groups in total. The minimum Gasteiger partial charge on any atom is -0.395 e. The molecule has 18 heavy (non-hydrogen) atoms. The fraction of sp³-hybridized carbons (Fsp3) is 0.0909. The Morgan fingerprint density at radius 2 is 2.17 bits per heavy atom. The van der Waals surface area contributed by atoms with Gasteiger partial charge in [-0.15, -0.1) is 0 Å². The number of hydrogen-bond acceptors (Lipinski definition) is 3. The summed E-state index contributed by atoms with van der Waals surface area (Å²) >= 11 is 6.70. The maximum Gasteiger partial charge on any atom is 0.278 e. The molecule has 0 aliphatic heterocycles. The highest BCUT2D eigenvalue weighted by atomic mass is 79.9. The Kier molecular flexibility index (Phi) is 3.72. The number of aryl methyl sites for hydroxylation is 1. The molecule has 1 aromatic heterocycles. The van der Waals surface area contributed by atoms with Crippen LogP contribution < -0.4 is 11.1 Å². The zero-order chi connectivity index (χ0) is 13.3. The number of H-pyrrole nitrogens is 1. The minimum atomic E-state index is -0.351. The third kappa shape index (κ3) is 2.56. The quantitative estimate of drug-likeness (QED) is 0.756. The molecule has 1 aromatic carbocycles. The van der Waals surface area contributed by atoms with Crippen LogP contribution in [0.4, 0.5) is 11.4 Å². The molecule has 2 aromatic rings. The minimum absolute atomic E-state index is 0.194. The Morgan fingerprint density at radius 1 is 1.44 bits per heavy atom. The first kappa shape index (κ1) is 13.1. The number of benzene rings is 1. The number of aromatic nitrogens is 2. The van der Waals surface area contributed by atoms with Crippen molar-refractivity contribution in [1.82, 2.24) is 10.2 Å². The third-order valence-corrected chi connectivity index (χ3v) is 3.57. The number of amides is 1. The third-order valence-electron chi connectivity index (χ3n) is 2.39. The van der Waals surface area contributed by atoms with E-state index in [1.54, 1.807) is 13.0 Å². The SMILES string of the molecule is Cc1[nH]nc(C(=O)Nc2cc(Br)ccc2Br)c1N. The van der Waals surface area contributed by atoms with Crippen LogP contribution in [-0.4, -0.2) is 16.1 Å². The summed E-state index contributed by atoms with van der Waals surface area (Å²) in [5.74, 6) is -0.351. The molecule has 0 aliphatic carbocycles. The van der Waals surface area contributed by atoms with Crippen LogP contribution in [-0.2, 0) is 0 Å². The molecule has 94 valence electrons. The zero-order valence-corrected chi connectivity index (χ0v) is 12.6. The summed E-state index contributed by atoms with van der Waals surface area (Å²) in [4.78, 5) is 12.0. The lowest BCUT2D eigenvalue weighted by molar-refractivity contribution is 0.102. The highest BCUT2D eigenvalue weighted by Gasteiger charge is 2.16. The molecular weight excluding hydrogens is 364 g/mol. The van der Waals surface area contributed by atoms with Gasteiger partial charge in [0.05, 0.1) is 17.1 Å². The van der Waals surface area contributed by atoms with E-state index < -0.39 is 0 Å². The molecule has 0 fully saturated rings. The van der Waals surface area contributed by atoms with Crippen LogP contribution in [0.5, 0.6) is 0 Å². The first-order valence-electron chi connectivity index (χ1n) is 5.06. The smallest absolute Gasteiger partial charge is 0.278 e. The lowest BCUT2D eigenvalue weighted by atomic mass is 10.2. The molecule has 0 bridgehead atoms. The molecule has 5 nitrogen and oxygen atoms in total. The summed E-state index contributed by atoms with van der Waals surface area (Å²) in [5, 5.41) is 9.29. The van der Waals surface area contributed by atoms with E-state index in [9.17, 15) is 4.79 Å². The Bertz CT molecular complexity index is 609. The van der Waals surface area contributed by atoms with Gasteiger partial charge in [-0.3, -0.25) is 9.89 Å². The van der Waals surface area contributed by atoms with E-state index in [1.165, 1.54) is 0 Å². The van der Waals surface area contributed by atoms with Crippen LogP contribution in [0.15, 0.2) is 27.1 Å². The molecule has 0 radical (unpaired) electrons. The first-order valence-corrected chi connectivity index (χ1v) is 6.64. The lowest BCUT2D eigenvalue weighted by Crippen LogP contribution is -2.14. The molecule has 1 amide bonds. The second-order valence-corrected chi connectivity index (χ2v) is 5.46. The summed E-state index contributed by atoms with van der Waals surface area (Å²) in [5.41, 5.74) is 7.63. The Labute approximate surface area is 120 Å². The van der Waals surface area contributed by atoms with Gasteiger partial charge < -0.3 is 11.1 Å². The van der Waals surface area contributed by atoms with E-state index in [2.05, 4.69) is 47.4 Å². The fourth-order valence-corrected chi connectivity index (χ4v) is 2.09. The summed E-state index contributed by atoms with van der Waals surface area (Å²) in [6, 6.07) is 5.49. The molecular formula is C11H10Br2N4O. The van der Waals surface area contributed by atoms with E-state index in [-0.39, 0.29) is 11.6 Å². The van der Waals surface area contributed by atoms with Crippen molar-refractivity contribution >= 4 is 49.1 Å². The van der Waals surface area contributed by atoms with Crippen LogP contribution in [0, 0.1) is 6.92 Å². The van der Waals surface area contributed by atoms with Crippen LogP contribution >= 0.6 is 31.9 Å². The average molecular weight is 374 g/mol. The van der Waals surface area contributed by atoms with Crippen molar-refractivity contribution in [2.45, 2.75) is 6.92 Å². The van der Waals surface area contributed by atoms with Gasteiger partial charge in [0.15, 0.2) is 5.69 Å². The number of nitrogens with zero attached hydrogens (tertiary/aromatic N) is 1. The van der Waals surface area contributed by atoms with Gasteiger partial charge in [-0.1, -0.05) is 15.9 Å². The summed E-state index contributed by atoms with van der Waals surface area (Å²) in [6.45, 7) is 1.76. The van der Waals surface area contributed by atoms with Gasteiger partial charge in [-0.05, 0) is 41.1 Å². The number of nitrogens with two attached hydrogens (primary N) is 1. The predicted octanol–water partition coefficient (Wildman–Crippen LogP) is 3.08. The Morgan fingerprint density at radius 3 is 2.78 bits per heavy atom. The van der Waals surface area contributed by atoms with Gasteiger partial charge in [-0.25, -0.2) is 0 Å². The maximum atomic E-state index is 12.0. The fourth-order valence-electron chi connectivity index (χ4n) is 1.39. The number of nitrogens with one attached hydrogen (secondary N) is 2. The van der Waals surface area contributed by atoms with Crippen molar-refractivity contribution in [3.05, 3.63) is 38.5 Å². The largest absolute Gasteiger partial charge is 0.395 e. The van der Waals surface area contributed by atoms with Crippen LogP contribution in [0.2, 0.25) is 0 Å². The van der Waals surface area contributed by atoms with Gasteiger partial charge in [0, 0.05) is 8.95 Å². The van der Waals surface area contributed by atoms with E-state index in [0.29, 0.717) is 17.1 Å².